The zero-order valence-electron chi connectivity index (χ0n) is 10.7. The summed E-state index contributed by atoms with van der Waals surface area (Å²) in [6, 6.07) is 6.93. The van der Waals surface area contributed by atoms with Gasteiger partial charge in [0.25, 0.3) is 0 Å². The Morgan fingerprint density at radius 1 is 0.733 bits per heavy atom. The van der Waals surface area contributed by atoms with E-state index in [2.05, 4.69) is 59.7 Å². The third-order valence-electron chi connectivity index (χ3n) is 2.90. The summed E-state index contributed by atoms with van der Waals surface area (Å²) in [6.45, 7) is 15.3. The fourth-order valence-electron chi connectivity index (χ4n) is 1.65. The van der Waals surface area contributed by atoms with E-state index in [1.807, 2.05) is 0 Å². The quantitative estimate of drug-likeness (QED) is 0.657. The molecule has 0 saturated heterocycles. The van der Waals surface area contributed by atoms with Gasteiger partial charge >= 0.3 is 0 Å². The molecule has 0 aliphatic heterocycles. The van der Waals surface area contributed by atoms with Crippen LogP contribution in [0.25, 0.3) is 0 Å². The highest BCUT2D eigenvalue weighted by Gasteiger charge is 2.08. The summed E-state index contributed by atoms with van der Waals surface area (Å²) in [5.41, 5.74) is 4.24. The SMILES string of the molecule is [CH2]C(C)c1cc(C(C)C)cc(C(C)C)c1. The molecule has 0 aliphatic carbocycles. The Labute approximate surface area is 94.7 Å². The molecule has 0 saturated carbocycles. The molecule has 1 radical (unpaired) electrons. The Balaban J connectivity index is 3.20. The molecular formula is C15H23. The lowest BCUT2D eigenvalue weighted by Gasteiger charge is -2.16. The third-order valence-corrected chi connectivity index (χ3v) is 2.90. The zero-order valence-corrected chi connectivity index (χ0v) is 10.7. The van der Waals surface area contributed by atoms with Crippen molar-refractivity contribution in [3.05, 3.63) is 41.8 Å². The standard InChI is InChI=1S/C15H23/c1-10(2)13-7-14(11(3)4)9-15(8-13)12(5)6/h7-12H,1H2,2-6H3. The largest absolute Gasteiger partial charge is 0.0587 e. The van der Waals surface area contributed by atoms with E-state index in [0.29, 0.717) is 17.8 Å². The first-order valence-corrected chi connectivity index (χ1v) is 5.89. The molecule has 1 unspecified atom stereocenters. The van der Waals surface area contributed by atoms with Gasteiger partial charge in [-0.1, -0.05) is 52.8 Å². The first-order chi connectivity index (χ1) is 6.91. The van der Waals surface area contributed by atoms with Gasteiger partial charge in [0.2, 0.25) is 0 Å². The van der Waals surface area contributed by atoms with Crippen molar-refractivity contribution in [2.75, 3.05) is 0 Å². The Hall–Kier alpha value is -0.780. The minimum atomic E-state index is 0.376. The van der Waals surface area contributed by atoms with Crippen molar-refractivity contribution < 1.29 is 0 Å². The van der Waals surface area contributed by atoms with Gasteiger partial charge in [-0.2, -0.15) is 0 Å². The van der Waals surface area contributed by atoms with Crippen LogP contribution < -0.4 is 0 Å². The molecule has 0 spiro atoms. The molecule has 0 aromatic heterocycles. The van der Waals surface area contributed by atoms with Gasteiger partial charge in [-0.3, -0.25) is 0 Å². The van der Waals surface area contributed by atoms with Gasteiger partial charge in [0, 0.05) is 0 Å². The number of hydrogen-bond acceptors (Lipinski definition) is 0. The molecule has 0 bridgehead atoms. The molecule has 0 nitrogen and oxygen atoms in total. The van der Waals surface area contributed by atoms with E-state index < -0.39 is 0 Å². The van der Waals surface area contributed by atoms with Crippen LogP contribution in [0.15, 0.2) is 18.2 Å². The highest BCUT2D eigenvalue weighted by Crippen LogP contribution is 2.26. The van der Waals surface area contributed by atoms with Gasteiger partial charge in [-0.05, 0) is 41.4 Å². The van der Waals surface area contributed by atoms with Crippen molar-refractivity contribution in [3.63, 3.8) is 0 Å². The van der Waals surface area contributed by atoms with Crippen LogP contribution in [0.5, 0.6) is 0 Å². The minimum Gasteiger partial charge on any atom is -0.0587 e. The number of benzene rings is 1. The Morgan fingerprint density at radius 2 is 1.07 bits per heavy atom. The summed E-state index contributed by atoms with van der Waals surface area (Å²) in [5, 5.41) is 0. The predicted molar refractivity (Wildman–Crippen MR) is 68.4 cm³/mol. The molecule has 0 N–H and O–H groups in total. The van der Waals surface area contributed by atoms with E-state index in [9.17, 15) is 0 Å². The van der Waals surface area contributed by atoms with Crippen LogP contribution in [0.4, 0.5) is 0 Å². The maximum absolute atomic E-state index is 4.11. The third kappa shape index (κ3) is 3.09. The minimum absolute atomic E-state index is 0.376. The molecule has 1 rings (SSSR count). The van der Waals surface area contributed by atoms with E-state index in [-0.39, 0.29) is 0 Å². The fraction of sp³-hybridized carbons (Fsp3) is 0.533. The van der Waals surface area contributed by atoms with Crippen LogP contribution in [-0.2, 0) is 0 Å². The second-order valence-electron chi connectivity index (χ2n) is 5.14. The Kier molecular flexibility index (Phi) is 3.96. The smallest absolute Gasteiger partial charge is 0.0190 e. The van der Waals surface area contributed by atoms with Crippen molar-refractivity contribution in [1.82, 2.24) is 0 Å². The van der Waals surface area contributed by atoms with Crippen LogP contribution in [-0.4, -0.2) is 0 Å². The molecular weight excluding hydrogens is 180 g/mol. The molecule has 1 atom stereocenters. The topological polar surface area (TPSA) is 0 Å². The average molecular weight is 203 g/mol. The normalized spacial score (nSPS) is 11.8. The first kappa shape index (κ1) is 12.3. The summed E-state index contributed by atoms with van der Waals surface area (Å²) >= 11 is 0. The van der Waals surface area contributed by atoms with Gasteiger partial charge in [0.15, 0.2) is 0 Å². The summed E-state index contributed by atoms with van der Waals surface area (Å²) in [7, 11) is 0. The summed E-state index contributed by atoms with van der Waals surface area (Å²) in [6.07, 6.45) is 0. The number of rotatable bonds is 3. The van der Waals surface area contributed by atoms with E-state index in [0.717, 1.165) is 0 Å². The maximum Gasteiger partial charge on any atom is -0.0190 e. The lowest BCUT2D eigenvalue weighted by atomic mass is 9.90. The van der Waals surface area contributed by atoms with E-state index in [1.165, 1.54) is 16.7 Å². The van der Waals surface area contributed by atoms with Gasteiger partial charge in [-0.25, -0.2) is 0 Å². The van der Waals surface area contributed by atoms with Gasteiger partial charge in [-0.15, -0.1) is 0 Å². The highest BCUT2D eigenvalue weighted by atomic mass is 14.1. The lowest BCUT2D eigenvalue weighted by molar-refractivity contribution is 0.820. The second-order valence-corrected chi connectivity index (χ2v) is 5.14. The van der Waals surface area contributed by atoms with Gasteiger partial charge < -0.3 is 0 Å². The van der Waals surface area contributed by atoms with Crippen molar-refractivity contribution >= 4 is 0 Å². The first-order valence-electron chi connectivity index (χ1n) is 5.89. The van der Waals surface area contributed by atoms with Crippen molar-refractivity contribution in [1.29, 1.82) is 0 Å². The predicted octanol–water partition coefficient (Wildman–Crippen LogP) is 4.87. The molecule has 15 heavy (non-hydrogen) atoms. The second kappa shape index (κ2) is 4.83. The van der Waals surface area contributed by atoms with Crippen LogP contribution in [0, 0.1) is 6.92 Å². The molecule has 83 valence electrons. The van der Waals surface area contributed by atoms with Crippen molar-refractivity contribution in [2.24, 2.45) is 0 Å². The molecule has 0 amide bonds. The van der Waals surface area contributed by atoms with Crippen molar-refractivity contribution in [3.8, 4) is 0 Å². The van der Waals surface area contributed by atoms with Crippen LogP contribution >= 0.6 is 0 Å². The molecule has 1 aromatic rings. The van der Waals surface area contributed by atoms with Crippen LogP contribution in [0.1, 0.15) is 69.1 Å². The maximum atomic E-state index is 4.11. The summed E-state index contributed by atoms with van der Waals surface area (Å²) in [5.74, 6) is 1.57. The summed E-state index contributed by atoms with van der Waals surface area (Å²) < 4.78 is 0. The molecule has 0 fully saturated rings. The Morgan fingerprint density at radius 3 is 1.33 bits per heavy atom. The van der Waals surface area contributed by atoms with E-state index in [1.54, 1.807) is 0 Å². The summed E-state index contributed by atoms with van der Waals surface area (Å²) in [4.78, 5) is 0. The highest BCUT2D eigenvalue weighted by molar-refractivity contribution is 5.35. The van der Waals surface area contributed by atoms with Gasteiger partial charge in [0.1, 0.15) is 0 Å². The number of hydrogen-bond donors (Lipinski definition) is 0. The van der Waals surface area contributed by atoms with Gasteiger partial charge in [0.05, 0.1) is 0 Å². The monoisotopic (exact) mass is 203 g/mol. The van der Waals surface area contributed by atoms with E-state index >= 15 is 0 Å². The van der Waals surface area contributed by atoms with Crippen LogP contribution in [0.3, 0.4) is 0 Å². The lowest BCUT2D eigenvalue weighted by Crippen LogP contribution is -1.98. The fourth-order valence-corrected chi connectivity index (χ4v) is 1.65. The van der Waals surface area contributed by atoms with Crippen molar-refractivity contribution in [2.45, 2.75) is 52.4 Å². The zero-order chi connectivity index (χ0) is 11.6. The molecule has 0 aliphatic rings. The molecule has 0 heteroatoms. The van der Waals surface area contributed by atoms with E-state index in [4.69, 9.17) is 0 Å². The van der Waals surface area contributed by atoms with Crippen LogP contribution in [0.2, 0.25) is 0 Å². The molecule has 1 aromatic carbocycles. The average Bonchev–Trinajstić information content (AvgIpc) is 2.16. The molecule has 0 heterocycles. The Bertz CT molecular complexity index is 254.